The molecule has 0 radical (unpaired) electrons. The van der Waals surface area contributed by atoms with Crippen molar-refractivity contribution >= 4 is 16.8 Å². The van der Waals surface area contributed by atoms with Gasteiger partial charge in [0.15, 0.2) is 0 Å². The molecule has 2 aromatic heterocycles. The van der Waals surface area contributed by atoms with Crippen molar-refractivity contribution in [3.8, 4) is 0 Å². The Bertz CT molecular complexity index is 1460. The summed E-state index contributed by atoms with van der Waals surface area (Å²) in [5, 5.41) is 8.64. The molecule has 0 amide bonds. The molecule has 4 aromatic rings. The predicted molar refractivity (Wildman–Crippen MR) is 156 cm³/mol. The van der Waals surface area contributed by atoms with Crippen LogP contribution in [-0.4, -0.2) is 48.3 Å². The summed E-state index contributed by atoms with van der Waals surface area (Å²) in [5.41, 5.74) is 7.79. The number of hydrogen-bond acceptors (Lipinski definition) is 5. The molecule has 7 heteroatoms. The molecular formula is C32H42N6O. The van der Waals surface area contributed by atoms with Gasteiger partial charge in [0.05, 0.1) is 12.1 Å². The van der Waals surface area contributed by atoms with Gasteiger partial charge in [0.25, 0.3) is 0 Å². The lowest BCUT2D eigenvalue weighted by Crippen LogP contribution is -2.34. The Morgan fingerprint density at radius 1 is 1.10 bits per heavy atom. The SMILES string of the molecule is CCC1CCN(Cc2nccn2Cc2cc([C@H](c3ccc4c(nnn4C)c3C)C(C)C(C)=O)ccc2C)CC1. The van der Waals surface area contributed by atoms with Gasteiger partial charge in [-0.1, -0.05) is 49.7 Å². The summed E-state index contributed by atoms with van der Waals surface area (Å²) in [6, 6.07) is 10.9. The van der Waals surface area contributed by atoms with Crippen LogP contribution in [0, 0.1) is 25.7 Å². The Balaban J connectivity index is 1.45. The molecule has 0 saturated carbocycles. The van der Waals surface area contributed by atoms with Crippen LogP contribution < -0.4 is 0 Å². The third-order valence-corrected chi connectivity index (χ3v) is 9.08. The first kappa shape index (κ1) is 27.3. The summed E-state index contributed by atoms with van der Waals surface area (Å²) in [4.78, 5) is 20.0. The molecule has 2 aromatic carbocycles. The summed E-state index contributed by atoms with van der Waals surface area (Å²) >= 11 is 0. The molecule has 0 aliphatic carbocycles. The van der Waals surface area contributed by atoms with Gasteiger partial charge in [-0.25, -0.2) is 9.67 Å². The summed E-state index contributed by atoms with van der Waals surface area (Å²) < 4.78 is 4.09. The van der Waals surface area contributed by atoms with E-state index in [1.807, 2.05) is 20.2 Å². The van der Waals surface area contributed by atoms with Crippen LogP contribution in [0.3, 0.4) is 0 Å². The van der Waals surface area contributed by atoms with E-state index < -0.39 is 0 Å². The van der Waals surface area contributed by atoms with E-state index in [-0.39, 0.29) is 17.6 Å². The molecule has 0 N–H and O–H groups in total. The van der Waals surface area contributed by atoms with Gasteiger partial charge < -0.3 is 4.57 Å². The van der Waals surface area contributed by atoms with Gasteiger partial charge in [-0.15, -0.1) is 5.10 Å². The molecule has 3 heterocycles. The lowest BCUT2D eigenvalue weighted by Gasteiger charge is -2.31. The van der Waals surface area contributed by atoms with E-state index in [0.717, 1.165) is 65.6 Å². The number of Topliss-reactive ketones (excluding diaryl/α,β-unsaturated/α-hetero) is 1. The number of carbonyl (C=O) groups excluding carboxylic acids is 1. The van der Waals surface area contributed by atoms with E-state index in [1.165, 1.54) is 30.4 Å². The van der Waals surface area contributed by atoms with Crippen molar-refractivity contribution in [3.05, 3.63) is 76.4 Å². The first-order valence-corrected chi connectivity index (χ1v) is 14.4. The zero-order chi connectivity index (χ0) is 27.7. The largest absolute Gasteiger partial charge is 0.329 e. The van der Waals surface area contributed by atoms with Crippen LogP contribution in [0.4, 0.5) is 0 Å². The minimum absolute atomic E-state index is 0.0598. The molecule has 7 nitrogen and oxygen atoms in total. The molecular weight excluding hydrogens is 484 g/mol. The average molecular weight is 527 g/mol. The molecule has 1 unspecified atom stereocenters. The number of ketones is 1. The lowest BCUT2D eigenvalue weighted by atomic mass is 9.77. The van der Waals surface area contributed by atoms with Crippen molar-refractivity contribution in [2.45, 2.75) is 72.9 Å². The second-order valence-electron chi connectivity index (χ2n) is 11.5. The summed E-state index contributed by atoms with van der Waals surface area (Å²) in [5.74, 6) is 1.95. The molecule has 1 aliphatic rings. The van der Waals surface area contributed by atoms with Crippen molar-refractivity contribution < 1.29 is 4.79 Å². The smallest absolute Gasteiger partial charge is 0.133 e. The van der Waals surface area contributed by atoms with Crippen LogP contribution in [0.1, 0.15) is 79.6 Å². The first-order chi connectivity index (χ1) is 18.8. The molecule has 0 bridgehead atoms. The standard InChI is InChI=1S/C32H42N6O/c1-7-25-12-15-37(16-13-25)20-30-33-14-17-38(30)19-27-18-26(9-8-21(27)2)31(22(3)24(5)39)28-10-11-29-32(23(28)4)34-35-36(29)6/h8-11,14,17-18,22,25,31H,7,12-13,15-16,19-20H2,1-6H3/t22?,31-/m1/s1. The van der Waals surface area contributed by atoms with Crippen molar-refractivity contribution in [3.63, 3.8) is 0 Å². The van der Waals surface area contributed by atoms with E-state index in [9.17, 15) is 4.79 Å². The van der Waals surface area contributed by atoms with E-state index in [0.29, 0.717) is 0 Å². The van der Waals surface area contributed by atoms with Gasteiger partial charge in [0.1, 0.15) is 17.1 Å². The topological polar surface area (TPSA) is 68.8 Å². The molecule has 1 aliphatic heterocycles. The van der Waals surface area contributed by atoms with Crippen molar-refractivity contribution in [1.29, 1.82) is 0 Å². The van der Waals surface area contributed by atoms with Crippen molar-refractivity contribution in [1.82, 2.24) is 29.4 Å². The van der Waals surface area contributed by atoms with Crippen LogP contribution in [0.15, 0.2) is 42.7 Å². The van der Waals surface area contributed by atoms with Gasteiger partial charge in [0.2, 0.25) is 0 Å². The number of benzene rings is 2. The van der Waals surface area contributed by atoms with E-state index in [1.54, 1.807) is 11.6 Å². The number of likely N-dealkylation sites (tertiary alicyclic amines) is 1. The number of carbonyl (C=O) groups is 1. The molecule has 39 heavy (non-hydrogen) atoms. The summed E-state index contributed by atoms with van der Waals surface area (Å²) in [6.07, 6.45) is 7.88. The quantitative estimate of drug-likeness (QED) is 0.275. The fourth-order valence-electron chi connectivity index (χ4n) is 6.19. The number of aryl methyl sites for hydroxylation is 3. The highest BCUT2D eigenvalue weighted by atomic mass is 16.1. The zero-order valence-electron chi connectivity index (χ0n) is 24.3. The Hall–Kier alpha value is -3.32. The number of hydrogen-bond donors (Lipinski definition) is 0. The third-order valence-electron chi connectivity index (χ3n) is 9.08. The van der Waals surface area contributed by atoms with Crippen LogP contribution in [-0.2, 0) is 24.9 Å². The van der Waals surface area contributed by atoms with Gasteiger partial charge >= 0.3 is 0 Å². The minimum Gasteiger partial charge on any atom is -0.329 e. The Labute approximate surface area is 232 Å². The monoisotopic (exact) mass is 526 g/mol. The molecule has 206 valence electrons. The second-order valence-corrected chi connectivity index (χ2v) is 11.5. The predicted octanol–water partition coefficient (Wildman–Crippen LogP) is 5.81. The van der Waals surface area contributed by atoms with Crippen LogP contribution in [0.2, 0.25) is 0 Å². The van der Waals surface area contributed by atoms with Crippen LogP contribution in [0.5, 0.6) is 0 Å². The number of nitrogens with zero attached hydrogens (tertiary/aromatic N) is 6. The maximum absolute atomic E-state index is 12.7. The highest BCUT2D eigenvalue weighted by Crippen LogP contribution is 2.37. The summed E-state index contributed by atoms with van der Waals surface area (Å²) in [6.45, 7) is 14.3. The maximum Gasteiger partial charge on any atom is 0.133 e. The Kier molecular flexibility index (Phi) is 7.98. The van der Waals surface area contributed by atoms with E-state index >= 15 is 0 Å². The molecule has 1 fully saturated rings. The summed E-state index contributed by atoms with van der Waals surface area (Å²) in [7, 11) is 1.91. The number of imidazole rings is 1. The first-order valence-electron chi connectivity index (χ1n) is 14.4. The fourth-order valence-corrected chi connectivity index (χ4v) is 6.19. The van der Waals surface area contributed by atoms with Gasteiger partial charge in [-0.05, 0) is 86.5 Å². The Morgan fingerprint density at radius 2 is 1.87 bits per heavy atom. The van der Waals surface area contributed by atoms with E-state index in [4.69, 9.17) is 4.98 Å². The highest BCUT2D eigenvalue weighted by molar-refractivity contribution is 5.82. The number of rotatable bonds is 9. The second kappa shape index (κ2) is 11.4. The van der Waals surface area contributed by atoms with Gasteiger partial charge in [-0.3, -0.25) is 9.69 Å². The zero-order valence-corrected chi connectivity index (χ0v) is 24.3. The Morgan fingerprint density at radius 3 is 2.59 bits per heavy atom. The maximum atomic E-state index is 12.7. The van der Waals surface area contributed by atoms with Crippen LogP contribution in [0.25, 0.3) is 11.0 Å². The van der Waals surface area contributed by atoms with Gasteiger partial charge in [-0.2, -0.15) is 0 Å². The lowest BCUT2D eigenvalue weighted by molar-refractivity contribution is -0.120. The molecule has 2 atom stereocenters. The highest BCUT2D eigenvalue weighted by Gasteiger charge is 2.28. The third kappa shape index (κ3) is 5.55. The van der Waals surface area contributed by atoms with Crippen molar-refractivity contribution in [2.24, 2.45) is 18.9 Å². The van der Waals surface area contributed by atoms with Crippen LogP contribution >= 0.6 is 0 Å². The number of aromatic nitrogens is 5. The van der Waals surface area contributed by atoms with E-state index in [2.05, 4.69) is 77.1 Å². The molecule has 0 spiro atoms. The molecule has 1 saturated heterocycles. The molecule has 5 rings (SSSR count). The van der Waals surface area contributed by atoms with Crippen molar-refractivity contribution in [2.75, 3.05) is 13.1 Å². The number of piperidine rings is 1. The minimum atomic E-state index is -0.164. The number of fused-ring (bicyclic) bond motifs is 1. The average Bonchev–Trinajstić information content (AvgIpc) is 3.53. The fraction of sp³-hybridized carbons (Fsp3) is 0.500. The normalized spacial score (nSPS) is 16.6. The van der Waals surface area contributed by atoms with Gasteiger partial charge in [0, 0.05) is 37.8 Å².